The third-order valence-corrected chi connectivity index (χ3v) is 6.07. The van der Waals surface area contributed by atoms with Gasteiger partial charge in [0.05, 0.1) is 6.10 Å². The Hall–Kier alpha value is -2.33. The molecule has 1 aromatic carbocycles. The van der Waals surface area contributed by atoms with E-state index >= 15 is 0 Å². The second-order valence-electron chi connectivity index (χ2n) is 8.43. The summed E-state index contributed by atoms with van der Waals surface area (Å²) in [5.41, 5.74) is 2.80. The molecule has 1 N–H and O–H groups in total. The molecule has 1 aliphatic rings. The van der Waals surface area contributed by atoms with Gasteiger partial charge in [-0.25, -0.2) is 4.79 Å². The van der Waals surface area contributed by atoms with Crippen molar-refractivity contribution in [2.75, 3.05) is 6.61 Å². The fraction of sp³-hybridized carbons (Fsp3) is 0.458. The van der Waals surface area contributed by atoms with E-state index in [1.165, 1.54) is 17.2 Å². The highest BCUT2D eigenvalue weighted by molar-refractivity contribution is 5.77. The molecule has 0 unspecified atom stereocenters. The molecule has 0 radical (unpaired) electrons. The van der Waals surface area contributed by atoms with E-state index in [4.69, 9.17) is 9.15 Å². The van der Waals surface area contributed by atoms with Crippen molar-refractivity contribution in [1.29, 1.82) is 0 Å². The summed E-state index contributed by atoms with van der Waals surface area (Å²) < 4.78 is 11.0. The smallest absolute Gasteiger partial charge is 0.336 e. The molecule has 0 saturated heterocycles. The molecule has 0 bridgehead atoms. The molecular formula is C24H30O4. The summed E-state index contributed by atoms with van der Waals surface area (Å²) in [4.78, 5) is 11.2. The van der Waals surface area contributed by atoms with Gasteiger partial charge >= 0.3 is 5.63 Å². The van der Waals surface area contributed by atoms with E-state index < -0.39 is 0 Å². The van der Waals surface area contributed by atoms with Gasteiger partial charge in [0.15, 0.2) is 0 Å². The van der Waals surface area contributed by atoms with Crippen LogP contribution in [0.5, 0.6) is 5.75 Å². The Labute approximate surface area is 166 Å². The van der Waals surface area contributed by atoms with Gasteiger partial charge in [-0.05, 0) is 74.8 Å². The van der Waals surface area contributed by atoms with Crippen LogP contribution in [0.15, 0.2) is 62.8 Å². The summed E-state index contributed by atoms with van der Waals surface area (Å²) in [6.45, 7) is 9.15. The topological polar surface area (TPSA) is 59.7 Å². The molecule has 1 heterocycles. The van der Waals surface area contributed by atoms with Crippen LogP contribution in [-0.2, 0) is 0 Å². The molecule has 4 heteroatoms. The van der Waals surface area contributed by atoms with Crippen molar-refractivity contribution in [3.05, 3.63) is 64.1 Å². The number of fused-ring (bicyclic) bond motifs is 1. The number of aliphatic hydroxyl groups is 1. The summed E-state index contributed by atoms with van der Waals surface area (Å²) >= 11 is 0. The van der Waals surface area contributed by atoms with E-state index in [2.05, 4.69) is 39.8 Å². The van der Waals surface area contributed by atoms with Crippen molar-refractivity contribution < 1.29 is 14.3 Å². The predicted octanol–water partition coefficient (Wildman–Crippen LogP) is 5.25. The molecule has 0 saturated carbocycles. The summed E-state index contributed by atoms with van der Waals surface area (Å²) in [5.74, 6) is 1.15. The maximum absolute atomic E-state index is 11.2. The summed E-state index contributed by atoms with van der Waals surface area (Å²) in [6, 6.07) is 8.60. The van der Waals surface area contributed by atoms with Crippen LogP contribution < -0.4 is 10.4 Å². The third kappa shape index (κ3) is 4.56. The molecule has 0 amide bonds. The minimum atomic E-state index is -0.349. The van der Waals surface area contributed by atoms with Crippen molar-refractivity contribution in [1.82, 2.24) is 0 Å². The molecule has 28 heavy (non-hydrogen) atoms. The number of aliphatic hydroxyl groups excluding tert-OH is 1. The monoisotopic (exact) mass is 382 g/mol. The van der Waals surface area contributed by atoms with E-state index in [0.717, 1.165) is 30.4 Å². The van der Waals surface area contributed by atoms with Crippen molar-refractivity contribution in [3.63, 3.8) is 0 Å². The highest BCUT2D eigenvalue weighted by Crippen LogP contribution is 2.43. The third-order valence-electron chi connectivity index (χ3n) is 6.07. The number of rotatable bonds is 6. The zero-order chi connectivity index (χ0) is 20.3. The van der Waals surface area contributed by atoms with Crippen LogP contribution in [-0.4, -0.2) is 17.8 Å². The summed E-state index contributed by atoms with van der Waals surface area (Å²) in [7, 11) is 0. The molecule has 0 spiro atoms. The molecule has 3 rings (SSSR count). The molecule has 0 fully saturated rings. The molecule has 2 atom stereocenters. The van der Waals surface area contributed by atoms with Crippen LogP contribution in [0.1, 0.15) is 47.0 Å². The standard InChI is InChI=1S/C24H30O4/c1-16(5-9-20-17(2)6-11-22(25)24(20,3)4)13-14-27-19-8-10-21-18(15-19)7-12-23(26)28-21/h6-8,10,12-13,15,20,22,25H,5,9,11,14H2,1-4H3/t20-,22+/m0/s1. The van der Waals surface area contributed by atoms with Crippen molar-refractivity contribution in [2.24, 2.45) is 11.3 Å². The van der Waals surface area contributed by atoms with Gasteiger partial charge in [0.25, 0.3) is 0 Å². The van der Waals surface area contributed by atoms with Gasteiger partial charge in [0, 0.05) is 11.5 Å². The van der Waals surface area contributed by atoms with Crippen LogP contribution in [0.25, 0.3) is 11.0 Å². The first-order chi connectivity index (χ1) is 13.3. The number of hydrogen-bond acceptors (Lipinski definition) is 4. The quantitative estimate of drug-likeness (QED) is 0.547. The Bertz CT molecular complexity index is 948. The lowest BCUT2D eigenvalue weighted by molar-refractivity contribution is 0.00848. The van der Waals surface area contributed by atoms with Gasteiger partial charge in [0.1, 0.15) is 17.9 Å². The Kier molecular flexibility index (Phi) is 6.09. The van der Waals surface area contributed by atoms with E-state index in [1.54, 1.807) is 12.1 Å². The van der Waals surface area contributed by atoms with Crippen LogP contribution >= 0.6 is 0 Å². The minimum absolute atomic E-state index is 0.0876. The first kappa shape index (κ1) is 20.4. The Morgan fingerprint density at radius 2 is 2.11 bits per heavy atom. The lowest BCUT2D eigenvalue weighted by atomic mass is 9.65. The average molecular weight is 383 g/mol. The number of ether oxygens (including phenoxy) is 1. The molecule has 1 aliphatic carbocycles. The first-order valence-electron chi connectivity index (χ1n) is 9.94. The zero-order valence-electron chi connectivity index (χ0n) is 17.2. The van der Waals surface area contributed by atoms with Crippen LogP contribution in [0.3, 0.4) is 0 Å². The van der Waals surface area contributed by atoms with Crippen molar-refractivity contribution >= 4 is 11.0 Å². The van der Waals surface area contributed by atoms with E-state index in [0.29, 0.717) is 18.1 Å². The van der Waals surface area contributed by atoms with Gasteiger partial charge in [-0.2, -0.15) is 0 Å². The van der Waals surface area contributed by atoms with Gasteiger partial charge in [-0.15, -0.1) is 0 Å². The highest BCUT2D eigenvalue weighted by atomic mass is 16.5. The normalized spacial score (nSPS) is 22.2. The van der Waals surface area contributed by atoms with Crippen molar-refractivity contribution in [3.8, 4) is 5.75 Å². The van der Waals surface area contributed by atoms with E-state index in [1.807, 2.05) is 12.1 Å². The molecule has 1 aromatic heterocycles. The second-order valence-corrected chi connectivity index (χ2v) is 8.43. The van der Waals surface area contributed by atoms with Crippen LogP contribution in [0.2, 0.25) is 0 Å². The fourth-order valence-electron chi connectivity index (χ4n) is 4.06. The number of allylic oxidation sites excluding steroid dienone is 2. The number of benzene rings is 1. The van der Waals surface area contributed by atoms with E-state index in [9.17, 15) is 9.90 Å². The molecule has 4 nitrogen and oxygen atoms in total. The average Bonchev–Trinajstić information content (AvgIpc) is 2.65. The van der Waals surface area contributed by atoms with Gasteiger partial charge < -0.3 is 14.3 Å². The van der Waals surface area contributed by atoms with Gasteiger partial charge in [-0.1, -0.05) is 31.1 Å². The van der Waals surface area contributed by atoms with Crippen LogP contribution in [0.4, 0.5) is 0 Å². The fourth-order valence-corrected chi connectivity index (χ4v) is 4.06. The highest BCUT2D eigenvalue weighted by Gasteiger charge is 2.38. The lowest BCUT2D eigenvalue weighted by Gasteiger charge is -2.42. The maximum atomic E-state index is 11.2. The summed E-state index contributed by atoms with van der Waals surface area (Å²) in [6.07, 6.45) is 6.80. The second kappa shape index (κ2) is 8.36. The van der Waals surface area contributed by atoms with Crippen LogP contribution in [0, 0.1) is 11.3 Å². The molecule has 2 aromatic rings. The predicted molar refractivity (Wildman–Crippen MR) is 113 cm³/mol. The lowest BCUT2D eigenvalue weighted by Crippen LogP contribution is -2.39. The Morgan fingerprint density at radius 1 is 1.32 bits per heavy atom. The van der Waals surface area contributed by atoms with Gasteiger partial charge in [-0.3, -0.25) is 0 Å². The maximum Gasteiger partial charge on any atom is 0.336 e. The zero-order valence-corrected chi connectivity index (χ0v) is 17.2. The van der Waals surface area contributed by atoms with Crippen molar-refractivity contribution in [2.45, 2.75) is 53.1 Å². The van der Waals surface area contributed by atoms with Gasteiger partial charge in [0.2, 0.25) is 0 Å². The molecule has 150 valence electrons. The molecule has 0 aliphatic heterocycles. The first-order valence-corrected chi connectivity index (χ1v) is 9.94. The Balaban J connectivity index is 1.56. The SMILES string of the molecule is CC(=CCOc1ccc2oc(=O)ccc2c1)CC[C@H]1C(C)=CC[C@@H](O)C1(C)C. The Morgan fingerprint density at radius 3 is 2.89 bits per heavy atom. The van der Waals surface area contributed by atoms with E-state index in [-0.39, 0.29) is 17.1 Å². The minimum Gasteiger partial charge on any atom is -0.490 e. The molecular weight excluding hydrogens is 352 g/mol. The summed E-state index contributed by atoms with van der Waals surface area (Å²) in [5, 5.41) is 11.2. The largest absolute Gasteiger partial charge is 0.490 e. The number of hydrogen-bond donors (Lipinski definition) is 1.